The first kappa shape index (κ1) is 14.7. The number of thiophene rings is 1. The highest BCUT2D eigenvalue weighted by molar-refractivity contribution is 9.11. The lowest BCUT2D eigenvalue weighted by molar-refractivity contribution is -0.00556. The summed E-state index contributed by atoms with van der Waals surface area (Å²) in [5, 5.41) is 0. The van der Waals surface area contributed by atoms with Crippen molar-refractivity contribution in [1.29, 1.82) is 0 Å². The van der Waals surface area contributed by atoms with Gasteiger partial charge in [-0.15, -0.1) is 11.3 Å². The molecule has 3 nitrogen and oxygen atoms in total. The van der Waals surface area contributed by atoms with E-state index in [9.17, 15) is 8.42 Å². The fourth-order valence-electron chi connectivity index (χ4n) is 4.92. The van der Waals surface area contributed by atoms with Crippen LogP contribution in [0.3, 0.4) is 0 Å². The Morgan fingerprint density at radius 1 is 1.14 bits per heavy atom. The van der Waals surface area contributed by atoms with Crippen LogP contribution in [0.4, 0.5) is 0 Å². The molecule has 4 bridgehead atoms. The molecule has 1 heterocycles. The molecule has 0 amide bonds. The van der Waals surface area contributed by atoms with E-state index in [0.717, 1.165) is 21.2 Å². The minimum atomic E-state index is -3.37. The summed E-state index contributed by atoms with van der Waals surface area (Å²) in [6, 6.07) is 1.94. The van der Waals surface area contributed by atoms with Gasteiger partial charge < -0.3 is 0 Å². The van der Waals surface area contributed by atoms with Crippen molar-refractivity contribution in [1.82, 2.24) is 4.72 Å². The van der Waals surface area contributed by atoms with Gasteiger partial charge in [0.25, 0.3) is 0 Å². The summed E-state index contributed by atoms with van der Waals surface area (Å²) in [4.78, 5) is 0. The normalized spacial score (nSPS) is 38.1. The first-order chi connectivity index (χ1) is 9.92. The molecule has 4 aliphatic carbocycles. The van der Waals surface area contributed by atoms with Gasteiger partial charge in [-0.3, -0.25) is 0 Å². The molecule has 0 atom stereocenters. The van der Waals surface area contributed by atoms with Gasteiger partial charge in [-0.2, -0.15) is 0 Å². The highest BCUT2D eigenvalue weighted by atomic mass is 79.9. The van der Waals surface area contributed by atoms with Crippen LogP contribution in [-0.4, -0.2) is 14.5 Å². The van der Waals surface area contributed by atoms with E-state index in [2.05, 4.69) is 20.7 Å². The second-order valence-corrected chi connectivity index (χ2v) is 11.4. The number of sulfonamides is 1. The molecular formula is C15H20BrNO2S2. The smallest absolute Gasteiger partial charge is 0.207 e. The molecule has 1 aromatic rings. The molecule has 0 saturated heterocycles. The van der Waals surface area contributed by atoms with Gasteiger partial charge in [-0.25, -0.2) is 13.1 Å². The number of hydrogen-bond acceptors (Lipinski definition) is 3. The van der Waals surface area contributed by atoms with E-state index in [-0.39, 0.29) is 6.04 Å². The van der Waals surface area contributed by atoms with Gasteiger partial charge in [-0.1, -0.05) is 0 Å². The number of nitrogens with one attached hydrogen (secondary N) is 1. The Morgan fingerprint density at radius 2 is 1.71 bits per heavy atom. The van der Waals surface area contributed by atoms with E-state index in [0.29, 0.717) is 16.0 Å². The average Bonchev–Trinajstić information content (AvgIpc) is 2.74. The molecule has 1 aromatic heterocycles. The minimum absolute atomic E-state index is 0.170. The fourth-order valence-corrected chi connectivity index (χ4v) is 8.53. The summed E-state index contributed by atoms with van der Waals surface area (Å²) in [7, 11) is -3.37. The molecule has 4 saturated carbocycles. The highest BCUT2D eigenvalue weighted by Gasteiger charge is 2.49. The van der Waals surface area contributed by atoms with E-state index in [4.69, 9.17) is 0 Å². The summed E-state index contributed by atoms with van der Waals surface area (Å²) in [5.41, 5.74) is 0.991. The number of hydrogen-bond donors (Lipinski definition) is 1. The number of rotatable bonds is 3. The zero-order valence-electron chi connectivity index (χ0n) is 12.0. The molecule has 6 heteroatoms. The van der Waals surface area contributed by atoms with E-state index in [1.54, 1.807) is 6.07 Å². The Kier molecular flexibility index (Phi) is 3.52. The van der Waals surface area contributed by atoms with Crippen molar-refractivity contribution in [2.24, 2.45) is 23.7 Å². The second kappa shape index (κ2) is 5.05. The van der Waals surface area contributed by atoms with Crippen LogP contribution in [0.2, 0.25) is 0 Å². The van der Waals surface area contributed by atoms with Crippen molar-refractivity contribution < 1.29 is 8.42 Å². The van der Waals surface area contributed by atoms with Gasteiger partial charge in [0.05, 0.1) is 3.79 Å². The second-order valence-electron chi connectivity index (χ2n) is 7.10. The van der Waals surface area contributed by atoms with Crippen molar-refractivity contribution in [3.8, 4) is 0 Å². The Labute approximate surface area is 138 Å². The predicted octanol–water partition coefficient (Wildman–Crippen LogP) is 3.92. The maximum atomic E-state index is 12.7. The topological polar surface area (TPSA) is 46.2 Å². The molecule has 1 N–H and O–H groups in total. The Balaban J connectivity index is 1.58. The van der Waals surface area contributed by atoms with E-state index >= 15 is 0 Å². The fraction of sp³-hybridized carbons (Fsp3) is 0.733. The molecule has 0 aromatic carbocycles. The van der Waals surface area contributed by atoms with Crippen molar-refractivity contribution in [3.63, 3.8) is 0 Å². The third kappa shape index (κ3) is 2.52. The number of aryl methyl sites for hydroxylation is 1. The van der Waals surface area contributed by atoms with Gasteiger partial charge in [0.15, 0.2) is 0 Å². The van der Waals surface area contributed by atoms with Crippen molar-refractivity contribution in [3.05, 3.63) is 15.4 Å². The molecule has 5 rings (SSSR count). The van der Waals surface area contributed by atoms with Crippen LogP contribution in [0, 0.1) is 30.6 Å². The van der Waals surface area contributed by atoms with Crippen LogP contribution in [-0.2, 0) is 10.0 Å². The van der Waals surface area contributed by atoms with E-state index < -0.39 is 10.0 Å². The monoisotopic (exact) mass is 389 g/mol. The first-order valence-electron chi connectivity index (χ1n) is 7.70. The van der Waals surface area contributed by atoms with Crippen molar-refractivity contribution >= 4 is 37.3 Å². The van der Waals surface area contributed by atoms with Crippen molar-refractivity contribution in [2.75, 3.05) is 0 Å². The lowest BCUT2D eigenvalue weighted by atomic mass is 9.54. The quantitative estimate of drug-likeness (QED) is 0.850. The zero-order chi connectivity index (χ0) is 14.8. The molecule has 0 radical (unpaired) electrons. The van der Waals surface area contributed by atoms with Crippen molar-refractivity contribution in [2.45, 2.75) is 49.3 Å². The van der Waals surface area contributed by atoms with E-state index in [1.165, 1.54) is 43.4 Å². The molecular weight excluding hydrogens is 370 g/mol. The third-order valence-electron chi connectivity index (χ3n) is 5.62. The highest BCUT2D eigenvalue weighted by Crippen LogP contribution is 2.54. The number of halogens is 1. The predicted molar refractivity (Wildman–Crippen MR) is 87.9 cm³/mol. The van der Waals surface area contributed by atoms with Gasteiger partial charge in [0, 0.05) is 6.04 Å². The molecule has 4 fully saturated rings. The maximum absolute atomic E-state index is 12.7. The molecule has 21 heavy (non-hydrogen) atoms. The van der Waals surface area contributed by atoms with Crippen LogP contribution in [0.25, 0.3) is 0 Å². The molecule has 0 aliphatic heterocycles. The average molecular weight is 390 g/mol. The van der Waals surface area contributed by atoms with Gasteiger partial charge in [0.2, 0.25) is 10.0 Å². The van der Waals surface area contributed by atoms with Crippen LogP contribution in [0.15, 0.2) is 14.1 Å². The zero-order valence-corrected chi connectivity index (χ0v) is 15.2. The summed E-state index contributed by atoms with van der Waals surface area (Å²) < 4.78 is 29.7. The van der Waals surface area contributed by atoms with Crippen LogP contribution in [0.5, 0.6) is 0 Å². The minimum Gasteiger partial charge on any atom is -0.207 e. The summed E-state index contributed by atoms with van der Waals surface area (Å²) in [6.45, 7) is 1.93. The first-order valence-corrected chi connectivity index (χ1v) is 10.8. The van der Waals surface area contributed by atoms with Gasteiger partial charge in [0.1, 0.15) is 4.21 Å². The SMILES string of the molecule is Cc1cc(S(=O)(=O)NC2C3CC4CC(C3)CC2C4)sc1Br. The van der Waals surface area contributed by atoms with Crippen LogP contribution < -0.4 is 4.72 Å². The van der Waals surface area contributed by atoms with E-state index in [1.807, 2.05) is 6.92 Å². The molecule has 0 unspecified atom stereocenters. The lowest BCUT2D eigenvalue weighted by Gasteiger charge is -2.54. The summed E-state index contributed by atoms with van der Waals surface area (Å²) >= 11 is 4.74. The molecule has 116 valence electrons. The molecule has 4 aliphatic rings. The summed E-state index contributed by atoms with van der Waals surface area (Å²) in [6.07, 6.45) is 6.31. The third-order valence-corrected chi connectivity index (χ3v) is 9.69. The summed E-state index contributed by atoms with van der Waals surface area (Å²) in [5.74, 6) is 2.87. The lowest BCUT2D eigenvalue weighted by Crippen LogP contribution is -2.55. The van der Waals surface area contributed by atoms with Crippen LogP contribution >= 0.6 is 27.3 Å². The Bertz CT molecular complexity index is 620. The molecule has 0 spiro atoms. The maximum Gasteiger partial charge on any atom is 0.250 e. The van der Waals surface area contributed by atoms with Gasteiger partial charge >= 0.3 is 0 Å². The largest absolute Gasteiger partial charge is 0.250 e. The van der Waals surface area contributed by atoms with Gasteiger partial charge in [-0.05, 0) is 90.3 Å². The van der Waals surface area contributed by atoms with Crippen LogP contribution in [0.1, 0.15) is 37.7 Å². The Morgan fingerprint density at radius 3 is 2.19 bits per heavy atom. The standard InChI is InChI=1S/C15H20BrNO2S2/c1-8-2-13(20-15(8)16)21(18,19)17-14-11-4-9-3-10(6-11)7-12(14)5-9/h2,9-12,14,17H,3-7H2,1H3. The Hall–Kier alpha value is 0.0900.